The van der Waals surface area contributed by atoms with Gasteiger partial charge in [0.05, 0.1) is 11.0 Å². The number of carbonyl (C=O) groups excluding carboxylic acids is 2. The van der Waals surface area contributed by atoms with Gasteiger partial charge in [-0.05, 0) is 55.0 Å². The molecule has 0 spiro atoms. The smallest absolute Gasteiger partial charge is 0.255 e. The summed E-state index contributed by atoms with van der Waals surface area (Å²) in [7, 11) is 0. The Morgan fingerprint density at radius 3 is 2.32 bits per heavy atom. The van der Waals surface area contributed by atoms with Gasteiger partial charge in [-0.25, -0.2) is 0 Å². The molecule has 3 aromatic rings. The standard InChI is InChI=1S/C26H27N3O2/c1-19-5-9-21(10-6-19)22-11-7-20(8-12-22)16-26(25(27)31)13-3-15-29(18-26)24(30)23-4-2-14-28-17-23/h2,4-12,14,17H,3,13,15-16,18H2,1H3,(H2,27,31). The molecule has 1 atom stereocenters. The quantitative estimate of drug-likeness (QED) is 0.687. The highest BCUT2D eigenvalue weighted by Crippen LogP contribution is 2.35. The van der Waals surface area contributed by atoms with Crippen molar-refractivity contribution in [3.05, 3.63) is 89.7 Å². The minimum Gasteiger partial charge on any atom is -0.369 e. The monoisotopic (exact) mass is 413 g/mol. The maximum atomic E-state index is 12.9. The highest BCUT2D eigenvalue weighted by Gasteiger charge is 2.42. The normalized spacial score (nSPS) is 18.5. The molecule has 5 nitrogen and oxygen atoms in total. The fourth-order valence-electron chi connectivity index (χ4n) is 4.36. The van der Waals surface area contributed by atoms with E-state index in [1.54, 1.807) is 29.4 Å². The second kappa shape index (κ2) is 8.72. The zero-order valence-electron chi connectivity index (χ0n) is 17.8. The van der Waals surface area contributed by atoms with E-state index in [4.69, 9.17) is 5.73 Å². The Labute approximate surface area is 182 Å². The van der Waals surface area contributed by atoms with Gasteiger partial charge in [-0.3, -0.25) is 14.6 Å². The third-order valence-electron chi connectivity index (χ3n) is 6.18. The molecule has 1 aliphatic rings. The molecule has 1 saturated heterocycles. The van der Waals surface area contributed by atoms with E-state index in [1.807, 2.05) is 0 Å². The van der Waals surface area contributed by atoms with Crippen LogP contribution in [-0.2, 0) is 11.2 Å². The van der Waals surface area contributed by atoms with E-state index in [1.165, 1.54) is 5.56 Å². The van der Waals surface area contributed by atoms with Crippen LogP contribution in [0.3, 0.4) is 0 Å². The van der Waals surface area contributed by atoms with E-state index in [0.29, 0.717) is 31.5 Å². The predicted octanol–water partition coefficient (Wildman–Crippen LogP) is 4.01. The van der Waals surface area contributed by atoms with Crippen LogP contribution in [0.15, 0.2) is 73.1 Å². The van der Waals surface area contributed by atoms with Crippen LogP contribution in [0.2, 0.25) is 0 Å². The molecule has 2 aromatic carbocycles. The van der Waals surface area contributed by atoms with Crippen LogP contribution in [0.4, 0.5) is 0 Å². The van der Waals surface area contributed by atoms with Crippen molar-refractivity contribution in [3.63, 3.8) is 0 Å². The van der Waals surface area contributed by atoms with Gasteiger partial charge in [0.2, 0.25) is 5.91 Å². The van der Waals surface area contributed by atoms with Gasteiger partial charge in [-0.2, -0.15) is 0 Å². The fourth-order valence-corrected chi connectivity index (χ4v) is 4.36. The van der Waals surface area contributed by atoms with E-state index in [0.717, 1.165) is 23.1 Å². The second-order valence-corrected chi connectivity index (χ2v) is 8.46. The molecule has 2 N–H and O–H groups in total. The van der Waals surface area contributed by atoms with Crippen molar-refractivity contribution in [2.24, 2.45) is 11.1 Å². The molecule has 158 valence electrons. The lowest BCUT2D eigenvalue weighted by Crippen LogP contribution is -2.53. The van der Waals surface area contributed by atoms with Crippen molar-refractivity contribution in [1.82, 2.24) is 9.88 Å². The Morgan fingerprint density at radius 1 is 1.03 bits per heavy atom. The molecular weight excluding hydrogens is 386 g/mol. The highest BCUT2D eigenvalue weighted by molar-refractivity contribution is 5.94. The van der Waals surface area contributed by atoms with Gasteiger partial charge in [-0.15, -0.1) is 0 Å². The first-order chi connectivity index (χ1) is 15.0. The molecule has 1 fully saturated rings. The molecule has 0 saturated carbocycles. The van der Waals surface area contributed by atoms with Crippen molar-refractivity contribution in [2.75, 3.05) is 13.1 Å². The number of amides is 2. The Balaban J connectivity index is 1.53. The number of hydrogen-bond donors (Lipinski definition) is 1. The van der Waals surface area contributed by atoms with Gasteiger partial charge in [0.15, 0.2) is 0 Å². The van der Waals surface area contributed by atoms with Crippen molar-refractivity contribution >= 4 is 11.8 Å². The molecule has 5 heteroatoms. The number of rotatable bonds is 5. The summed E-state index contributed by atoms with van der Waals surface area (Å²) in [5, 5.41) is 0. The number of likely N-dealkylation sites (tertiary alicyclic amines) is 1. The average molecular weight is 414 g/mol. The number of nitrogens with two attached hydrogens (primary N) is 1. The van der Waals surface area contributed by atoms with Crippen LogP contribution < -0.4 is 5.73 Å². The van der Waals surface area contributed by atoms with E-state index in [2.05, 4.69) is 60.4 Å². The lowest BCUT2D eigenvalue weighted by molar-refractivity contribution is -0.130. The van der Waals surface area contributed by atoms with Crippen LogP contribution in [0.5, 0.6) is 0 Å². The number of benzene rings is 2. The minimum atomic E-state index is -0.762. The van der Waals surface area contributed by atoms with E-state index < -0.39 is 5.41 Å². The maximum absolute atomic E-state index is 12.9. The Kier molecular flexibility index (Phi) is 5.85. The molecule has 1 unspecified atom stereocenters. The van der Waals surface area contributed by atoms with Crippen LogP contribution in [0.25, 0.3) is 11.1 Å². The van der Waals surface area contributed by atoms with Gasteiger partial charge in [0.25, 0.3) is 5.91 Å². The molecule has 2 heterocycles. The zero-order chi connectivity index (χ0) is 21.8. The molecule has 4 rings (SSSR count). The average Bonchev–Trinajstić information content (AvgIpc) is 2.80. The first-order valence-electron chi connectivity index (χ1n) is 10.6. The fraction of sp³-hybridized carbons (Fsp3) is 0.269. The lowest BCUT2D eigenvalue weighted by Gasteiger charge is -2.41. The number of primary amides is 1. The molecule has 1 aromatic heterocycles. The summed E-state index contributed by atoms with van der Waals surface area (Å²) in [6.45, 7) is 3.02. The number of hydrogen-bond acceptors (Lipinski definition) is 3. The topological polar surface area (TPSA) is 76.3 Å². The summed E-state index contributed by atoms with van der Waals surface area (Å²) in [5.74, 6) is -0.452. The number of aromatic nitrogens is 1. The zero-order valence-corrected chi connectivity index (χ0v) is 17.8. The first-order valence-corrected chi connectivity index (χ1v) is 10.6. The Bertz CT molecular complexity index is 1060. The largest absolute Gasteiger partial charge is 0.369 e. The summed E-state index contributed by atoms with van der Waals surface area (Å²) < 4.78 is 0. The molecule has 0 radical (unpaired) electrons. The third-order valence-corrected chi connectivity index (χ3v) is 6.18. The Morgan fingerprint density at radius 2 is 1.71 bits per heavy atom. The minimum absolute atomic E-state index is 0.104. The molecule has 0 bridgehead atoms. The van der Waals surface area contributed by atoms with Gasteiger partial charge < -0.3 is 10.6 Å². The van der Waals surface area contributed by atoms with Crippen LogP contribution in [-0.4, -0.2) is 34.8 Å². The van der Waals surface area contributed by atoms with Gasteiger partial charge in [-0.1, -0.05) is 54.1 Å². The van der Waals surface area contributed by atoms with Crippen molar-refractivity contribution < 1.29 is 9.59 Å². The van der Waals surface area contributed by atoms with E-state index in [-0.39, 0.29) is 11.8 Å². The number of piperidine rings is 1. The summed E-state index contributed by atoms with van der Waals surface area (Å²) in [6.07, 6.45) is 5.15. The van der Waals surface area contributed by atoms with Gasteiger partial charge >= 0.3 is 0 Å². The highest BCUT2D eigenvalue weighted by atomic mass is 16.2. The Hall–Kier alpha value is -3.47. The summed E-state index contributed by atoms with van der Waals surface area (Å²) in [6, 6.07) is 20.2. The van der Waals surface area contributed by atoms with Gasteiger partial charge in [0.1, 0.15) is 0 Å². The number of aryl methyl sites for hydroxylation is 1. The first kappa shape index (κ1) is 20.8. The van der Waals surface area contributed by atoms with Crippen molar-refractivity contribution in [2.45, 2.75) is 26.2 Å². The van der Waals surface area contributed by atoms with Crippen LogP contribution in [0.1, 0.15) is 34.3 Å². The van der Waals surface area contributed by atoms with Crippen molar-refractivity contribution in [3.8, 4) is 11.1 Å². The van der Waals surface area contributed by atoms with Crippen LogP contribution in [0, 0.1) is 12.3 Å². The number of nitrogens with zero attached hydrogens (tertiary/aromatic N) is 2. The molecule has 2 amide bonds. The predicted molar refractivity (Wildman–Crippen MR) is 121 cm³/mol. The third kappa shape index (κ3) is 4.50. The number of pyridine rings is 1. The van der Waals surface area contributed by atoms with Crippen LogP contribution >= 0.6 is 0 Å². The van der Waals surface area contributed by atoms with Crippen molar-refractivity contribution in [1.29, 1.82) is 0 Å². The SMILES string of the molecule is Cc1ccc(-c2ccc(CC3(C(N)=O)CCCN(C(=O)c4cccnc4)C3)cc2)cc1. The second-order valence-electron chi connectivity index (χ2n) is 8.46. The molecular formula is C26H27N3O2. The summed E-state index contributed by atoms with van der Waals surface area (Å²) >= 11 is 0. The van der Waals surface area contributed by atoms with E-state index in [9.17, 15) is 9.59 Å². The molecule has 1 aliphatic heterocycles. The summed E-state index contributed by atoms with van der Waals surface area (Å²) in [5.41, 5.74) is 10.2. The number of carbonyl (C=O) groups is 2. The maximum Gasteiger partial charge on any atom is 0.255 e. The lowest BCUT2D eigenvalue weighted by atomic mass is 9.74. The summed E-state index contributed by atoms with van der Waals surface area (Å²) in [4.78, 5) is 31.3. The molecule has 0 aliphatic carbocycles. The molecule has 31 heavy (non-hydrogen) atoms. The van der Waals surface area contributed by atoms with E-state index >= 15 is 0 Å². The van der Waals surface area contributed by atoms with Gasteiger partial charge in [0, 0.05) is 25.5 Å².